The molecule has 2 aromatic heterocycles. The number of hydrogen-bond donors (Lipinski definition) is 0. The van der Waals surface area contributed by atoms with Crippen LogP contribution in [0.5, 0.6) is 0 Å². The van der Waals surface area contributed by atoms with E-state index in [9.17, 15) is 9.18 Å². The van der Waals surface area contributed by atoms with Crippen LogP contribution in [0, 0.1) is 5.95 Å². The zero-order valence-electron chi connectivity index (χ0n) is 11.6. The van der Waals surface area contributed by atoms with Gasteiger partial charge < -0.3 is 9.30 Å². The molecule has 0 unspecified atom stereocenters. The van der Waals surface area contributed by atoms with Gasteiger partial charge in [0.15, 0.2) is 0 Å². The highest BCUT2D eigenvalue weighted by Gasteiger charge is 2.29. The molecule has 3 heterocycles. The van der Waals surface area contributed by atoms with E-state index in [0.717, 1.165) is 0 Å². The first kappa shape index (κ1) is 15.1. The highest BCUT2D eigenvalue weighted by atomic mass is 35.5. The maximum Gasteiger partial charge on any atom is 0.341 e. The Morgan fingerprint density at radius 2 is 2.23 bits per heavy atom. The summed E-state index contributed by atoms with van der Waals surface area (Å²) in [5.74, 6) is -1.24. The zero-order valence-corrected chi connectivity index (χ0v) is 13.1. The van der Waals surface area contributed by atoms with Crippen molar-refractivity contribution >= 4 is 35.2 Å². The maximum atomic E-state index is 14.1. The van der Waals surface area contributed by atoms with Gasteiger partial charge in [0.1, 0.15) is 5.56 Å². The molecule has 0 aromatic carbocycles. The van der Waals surface area contributed by atoms with Crippen molar-refractivity contribution in [2.24, 2.45) is 0 Å². The predicted molar refractivity (Wildman–Crippen MR) is 82.4 cm³/mol. The molecule has 114 valence electrons. The summed E-state index contributed by atoms with van der Waals surface area (Å²) in [6.07, 6.45) is 3.58. The number of halogens is 3. The van der Waals surface area contributed by atoms with Gasteiger partial charge in [-0.1, -0.05) is 23.2 Å². The number of carbonyl (C=O) groups excluding carboxylic acids is 1. The average Bonchev–Trinajstić information content (AvgIpc) is 2.78. The number of aromatic nitrogens is 2. The van der Waals surface area contributed by atoms with Gasteiger partial charge in [0.05, 0.1) is 29.1 Å². The molecule has 0 saturated heterocycles. The van der Waals surface area contributed by atoms with Gasteiger partial charge in [0, 0.05) is 24.2 Å². The van der Waals surface area contributed by atoms with E-state index in [1.54, 1.807) is 22.8 Å². The summed E-state index contributed by atoms with van der Waals surface area (Å²) in [5, 5.41) is 0.737. The third-order valence-electron chi connectivity index (χ3n) is 3.52. The molecule has 0 N–H and O–H groups in total. The lowest BCUT2D eigenvalue weighted by Gasteiger charge is -2.16. The van der Waals surface area contributed by atoms with Crippen LogP contribution >= 0.6 is 23.2 Å². The first-order valence-corrected chi connectivity index (χ1v) is 7.27. The number of carbonyl (C=O) groups is 1. The second-order valence-electron chi connectivity index (χ2n) is 4.75. The monoisotopic (exact) mass is 340 g/mol. The number of allylic oxidation sites excluding steroid dienone is 1. The molecule has 1 aliphatic rings. The standard InChI is InChI=1S/C15H11Cl2FN2O2/c1-22-15(21)11-10-7-8(16)4-6-20(10)13(12(11)17)9-3-2-5-19-14(9)18/h2-3,5,7H,4,6H2,1H3. The molecule has 0 atom stereocenters. The van der Waals surface area contributed by atoms with Gasteiger partial charge in [0.25, 0.3) is 0 Å². The third-order valence-corrected chi connectivity index (χ3v) is 4.18. The summed E-state index contributed by atoms with van der Waals surface area (Å²) in [4.78, 5) is 15.7. The van der Waals surface area contributed by atoms with E-state index >= 15 is 0 Å². The summed E-state index contributed by atoms with van der Waals surface area (Å²) >= 11 is 12.4. The van der Waals surface area contributed by atoms with Crippen LogP contribution in [-0.2, 0) is 11.3 Å². The molecule has 0 saturated carbocycles. The third kappa shape index (κ3) is 2.30. The van der Waals surface area contributed by atoms with E-state index in [-0.39, 0.29) is 16.1 Å². The molecule has 0 fully saturated rings. The van der Waals surface area contributed by atoms with E-state index in [4.69, 9.17) is 27.9 Å². The van der Waals surface area contributed by atoms with Crippen molar-refractivity contribution in [3.63, 3.8) is 0 Å². The molecule has 0 bridgehead atoms. The lowest BCUT2D eigenvalue weighted by molar-refractivity contribution is 0.0600. The second kappa shape index (κ2) is 5.74. The van der Waals surface area contributed by atoms with Crippen molar-refractivity contribution in [2.45, 2.75) is 13.0 Å². The Morgan fingerprint density at radius 1 is 1.45 bits per heavy atom. The van der Waals surface area contributed by atoms with Gasteiger partial charge in [-0.05, 0) is 18.2 Å². The molecule has 4 nitrogen and oxygen atoms in total. The summed E-state index contributed by atoms with van der Waals surface area (Å²) in [7, 11) is 1.27. The van der Waals surface area contributed by atoms with Gasteiger partial charge in [-0.15, -0.1) is 0 Å². The second-order valence-corrected chi connectivity index (χ2v) is 5.61. The van der Waals surface area contributed by atoms with Crippen LogP contribution < -0.4 is 0 Å². The van der Waals surface area contributed by atoms with Crippen molar-refractivity contribution in [1.29, 1.82) is 0 Å². The van der Waals surface area contributed by atoms with E-state index in [2.05, 4.69) is 4.98 Å². The van der Waals surface area contributed by atoms with Gasteiger partial charge in [-0.2, -0.15) is 4.39 Å². The van der Waals surface area contributed by atoms with Gasteiger partial charge >= 0.3 is 5.97 Å². The normalized spacial score (nSPS) is 13.5. The molecule has 3 rings (SSSR count). The Hall–Kier alpha value is -1.85. The highest BCUT2D eigenvalue weighted by Crippen LogP contribution is 2.40. The van der Waals surface area contributed by atoms with E-state index in [0.29, 0.717) is 29.4 Å². The number of fused-ring (bicyclic) bond motifs is 1. The zero-order chi connectivity index (χ0) is 15.9. The Kier molecular flexibility index (Phi) is 3.93. The predicted octanol–water partition coefficient (Wildman–Crippen LogP) is 4.11. The van der Waals surface area contributed by atoms with Crippen molar-refractivity contribution in [3.05, 3.63) is 45.6 Å². The molecule has 7 heteroatoms. The Balaban J connectivity index is 2.33. The first-order chi connectivity index (χ1) is 10.5. The van der Waals surface area contributed by atoms with Crippen molar-refractivity contribution in [1.82, 2.24) is 9.55 Å². The fourth-order valence-electron chi connectivity index (χ4n) is 2.55. The topological polar surface area (TPSA) is 44.1 Å². The lowest BCUT2D eigenvalue weighted by Crippen LogP contribution is -2.10. The molecule has 0 amide bonds. The van der Waals surface area contributed by atoms with Gasteiger partial charge in [-0.3, -0.25) is 0 Å². The maximum absolute atomic E-state index is 14.1. The Morgan fingerprint density at radius 3 is 2.91 bits per heavy atom. The van der Waals surface area contributed by atoms with Crippen LogP contribution in [0.2, 0.25) is 5.02 Å². The van der Waals surface area contributed by atoms with Crippen LogP contribution in [0.3, 0.4) is 0 Å². The van der Waals surface area contributed by atoms with Crippen molar-refractivity contribution < 1.29 is 13.9 Å². The Bertz CT molecular complexity index is 799. The summed E-state index contributed by atoms with van der Waals surface area (Å²) in [6, 6.07) is 3.18. The molecule has 1 aliphatic heterocycles. The fraction of sp³-hybridized carbons (Fsp3) is 0.200. The minimum Gasteiger partial charge on any atom is -0.465 e. The summed E-state index contributed by atoms with van der Waals surface area (Å²) in [5.41, 5.74) is 1.34. The number of hydrogen-bond acceptors (Lipinski definition) is 3. The van der Waals surface area contributed by atoms with Crippen LogP contribution in [0.15, 0.2) is 23.4 Å². The number of methoxy groups -OCH3 is 1. The number of rotatable bonds is 2. The summed E-state index contributed by atoms with van der Waals surface area (Å²) < 4.78 is 20.6. The number of pyridine rings is 1. The molecule has 0 aliphatic carbocycles. The number of ether oxygens (including phenoxy) is 1. The highest BCUT2D eigenvalue weighted by molar-refractivity contribution is 6.37. The molecule has 0 radical (unpaired) electrons. The summed E-state index contributed by atoms with van der Waals surface area (Å²) in [6.45, 7) is 0.491. The Labute approximate surface area is 136 Å². The quantitative estimate of drug-likeness (QED) is 0.610. The molecular formula is C15H11Cl2FN2O2. The first-order valence-electron chi connectivity index (χ1n) is 6.51. The van der Waals surface area contributed by atoms with Crippen LogP contribution in [-0.4, -0.2) is 22.6 Å². The van der Waals surface area contributed by atoms with Crippen molar-refractivity contribution in [3.8, 4) is 11.3 Å². The largest absolute Gasteiger partial charge is 0.465 e. The average molecular weight is 341 g/mol. The smallest absolute Gasteiger partial charge is 0.341 e. The minimum absolute atomic E-state index is 0.136. The molecule has 0 spiro atoms. The van der Waals surface area contributed by atoms with Crippen molar-refractivity contribution in [2.75, 3.05) is 7.11 Å². The van der Waals surface area contributed by atoms with E-state index in [1.165, 1.54) is 13.3 Å². The SMILES string of the molecule is COC(=O)c1c(Cl)c(-c2cccnc2F)n2c1C=C(Cl)CC2. The molecule has 2 aromatic rings. The van der Waals surface area contributed by atoms with Gasteiger partial charge in [0.2, 0.25) is 5.95 Å². The fourth-order valence-corrected chi connectivity index (χ4v) is 3.11. The molecule has 22 heavy (non-hydrogen) atoms. The number of esters is 1. The van der Waals surface area contributed by atoms with Gasteiger partial charge in [-0.25, -0.2) is 9.78 Å². The van der Waals surface area contributed by atoms with Crippen LogP contribution in [0.25, 0.3) is 17.3 Å². The molecular weight excluding hydrogens is 330 g/mol. The van der Waals surface area contributed by atoms with Crippen LogP contribution in [0.1, 0.15) is 22.5 Å². The van der Waals surface area contributed by atoms with E-state index in [1.807, 2.05) is 0 Å². The van der Waals surface area contributed by atoms with Crippen LogP contribution in [0.4, 0.5) is 4.39 Å². The van der Waals surface area contributed by atoms with E-state index < -0.39 is 11.9 Å². The number of nitrogens with zero attached hydrogens (tertiary/aromatic N) is 2. The minimum atomic E-state index is -0.651. The lowest BCUT2D eigenvalue weighted by atomic mass is 10.1.